The van der Waals surface area contributed by atoms with Crippen LogP contribution in [-0.4, -0.2) is 28.0 Å². The highest BCUT2D eigenvalue weighted by Gasteiger charge is 2.29. The van der Waals surface area contributed by atoms with E-state index in [1.54, 1.807) is 48.5 Å². The van der Waals surface area contributed by atoms with Gasteiger partial charge in [-0.05, 0) is 49.2 Å². The highest BCUT2D eigenvalue weighted by molar-refractivity contribution is 7.92. The Morgan fingerprint density at radius 2 is 1.49 bits per heavy atom. The van der Waals surface area contributed by atoms with Crippen molar-refractivity contribution in [1.29, 1.82) is 0 Å². The van der Waals surface area contributed by atoms with Crippen molar-refractivity contribution in [3.63, 3.8) is 0 Å². The van der Waals surface area contributed by atoms with Crippen molar-refractivity contribution < 1.29 is 17.9 Å². The van der Waals surface area contributed by atoms with Crippen LogP contribution in [-0.2, 0) is 14.8 Å². The zero-order valence-electron chi connectivity index (χ0n) is 21.1. The molecule has 1 amide bonds. The molecule has 0 bridgehead atoms. The summed E-state index contributed by atoms with van der Waals surface area (Å²) in [5.41, 5.74) is 4.15. The van der Waals surface area contributed by atoms with Crippen molar-refractivity contribution in [2.24, 2.45) is 0 Å². The summed E-state index contributed by atoms with van der Waals surface area (Å²) in [6.45, 7) is 3.48. The van der Waals surface area contributed by atoms with Gasteiger partial charge in [0.15, 0.2) is 0 Å². The monoisotopic (exact) mass is 514 g/mol. The largest absolute Gasteiger partial charge is 0.497 e. The number of anilines is 1. The van der Waals surface area contributed by atoms with Gasteiger partial charge in [0.25, 0.3) is 10.0 Å². The van der Waals surface area contributed by atoms with E-state index in [4.69, 9.17) is 4.74 Å². The van der Waals surface area contributed by atoms with Crippen LogP contribution in [0.1, 0.15) is 28.3 Å². The number of nitrogens with zero attached hydrogens (tertiary/aromatic N) is 1. The number of carbonyl (C=O) groups excluding carboxylic acids is 1. The molecule has 0 radical (unpaired) electrons. The average Bonchev–Trinajstić information content (AvgIpc) is 2.91. The van der Waals surface area contributed by atoms with Gasteiger partial charge < -0.3 is 10.1 Å². The number of rotatable bonds is 9. The third-order valence-electron chi connectivity index (χ3n) is 6.05. The lowest BCUT2D eigenvalue weighted by molar-refractivity contribution is -0.120. The smallest absolute Gasteiger partial charge is 0.264 e. The number of methoxy groups -OCH3 is 1. The third-order valence-corrected chi connectivity index (χ3v) is 7.84. The van der Waals surface area contributed by atoms with Crippen LogP contribution in [0.3, 0.4) is 0 Å². The molecule has 0 aliphatic rings. The highest BCUT2D eigenvalue weighted by Crippen LogP contribution is 2.28. The zero-order valence-corrected chi connectivity index (χ0v) is 21.9. The fourth-order valence-electron chi connectivity index (χ4n) is 4.11. The number of ether oxygens (including phenoxy) is 1. The van der Waals surface area contributed by atoms with Gasteiger partial charge >= 0.3 is 0 Å². The molecule has 4 aromatic rings. The number of hydrogen-bond donors (Lipinski definition) is 1. The van der Waals surface area contributed by atoms with Crippen molar-refractivity contribution in [2.75, 3.05) is 18.0 Å². The Hall–Kier alpha value is -4.10. The van der Waals surface area contributed by atoms with E-state index >= 15 is 0 Å². The number of aryl methyl sites for hydroxylation is 2. The van der Waals surface area contributed by atoms with Crippen molar-refractivity contribution in [3.8, 4) is 5.75 Å². The Bertz CT molecular complexity index is 1470. The molecular weight excluding hydrogens is 484 g/mol. The standard InChI is InChI=1S/C30H30N2O4S/c1-22-15-17-28(18-16-22)37(34,35)32(26-13-8-14-27(20-26)36-3)21-29(33)31-30(24-10-5-4-6-11-24)25-12-7-9-23(2)19-25/h4-20,30H,21H2,1-3H3,(H,31,33). The second-order valence-electron chi connectivity index (χ2n) is 8.85. The van der Waals surface area contributed by atoms with Crippen LogP contribution in [0, 0.1) is 13.8 Å². The van der Waals surface area contributed by atoms with Gasteiger partial charge in [-0.25, -0.2) is 8.42 Å². The number of nitrogens with one attached hydrogen (secondary N) is 1. The normalized spacial score (nSPS) is 12.0. The molecule has 7 heteroatoms. The molecule has 1 N–H and O–H groups in total. The molecular formula is C30H30N2O4S. The topological polar surface area (TPSA) is 75.7 Å². The van der Waals surface area contributed by atoms with Gasteiger partial charge in [0.1, 0.15) is 12.3 Å². The van der Waals surface area contributed by atoms with Crippen LogP contribution in [0.4, 0.5) is 5.69 Å². The van der Waals surface area contributed by atoms with Gasteiger partial charge in [0, 0.05) is 6.07 Å². The number of benzene rings is 4. The first kappa shape index (κ1) is 26.0. The van der Waals surface area contributed by atoms with Gasteiger partial charge in [-0.1, -0.05) is 83.9 Å². The van der Waals surface area contributed by atoms with Crippen molar-refractivity contribution in [2.45, 2.75) is 24.8 Å². The predicted molar refractivity (Wildman–Crippen MR) is 146 cm³/mol. The molecule has 6 nitrogen and oxygen atoms in total. The molecule has 0 aliphatic carbocycles. The van der Waals surface area contributed by atoms with E-state index in [1.165, 1.54) is 7.11 Å². The molecule has 1 unspecified atom stereocenters. The summed E-state index contributed by atoms with van der Waals surface area (Å²) in [5, 5.41) is 3.06. The maximum Gasteiger partial charge on any atom is 0.264 e. The SMILES string of the molecule is COc1cccc(N(CC(=O)NC(c2ccccc2)c2cccc(C)c2)S(=O)(=O)c2ccc(C)cc2)c1. The Morgan fingerprint density at radius 1 is 0.811 bits per heavy atom. The second kappa shape index (κ2) is 11.3. The number of hydrogen-bond acceptors (Lipinski definition) is 4. The minimum atomic E-state index is -4.05. The fraction of sp³-hybridized carbons (Fsp3) is 0.167. The molecule has 0 fully saturated rings. The van der Waals surface area contributed by atoms with Crippen LogP contribution >= 0.6 is 0 Å². The summed E-state index contributed by atoms with van der Waals surface area (Å²) in [4.78, 5) is 13.6. The fourth-order valence-corrected chi connectivity index (χ4v) is 5.52. The molecule has 4 aromatic carbocycles. The van der Waals surface area contributed by atoms with Crippen LogP contribution < -0.4 is 14.4 Å². The summed E-state index contributed by atoms with van der Waals surface area (Å²) in [6, 6.07) is 30.3. The molecule has 0 saturated heterocycles. The number of carbonyl (C=O) groups is 1. The maximum atomic E-state index is 13.8. The number of amides is 1. The predicted octanol–water partition coefficient (Wildman–Crippen LogP) is 5.41. The van der Waals surface area contributed by atoms with E-state index in [9.17, 15) is 13.2 Å². The van der Waals surface area contributed by atoms with Crippen molar-refractivity contribution in [1.82, 2.24) is 5.32 Å². The Balaban J connectivity index is 1.70. The van der Waals surface area contributed by atoms with Gasteiger partial charge in [-0.2, -0.15) is 0 Å². The molecule has 4 rings (SSSR count). The van der Waals surface area contributed by atoms with E-state index in [2.05, 4.69) is 5.32 Å². The first-order valence-electron chi connectivity index (χ1n) is 11.9. The Kier molecular flexibility index (Phi) is 7.94. The summed E-state index contributed by atoms with van der Waals surface area (Å²) < 4.78 is 33.9. The molecule has 0 aliphatic heterocycles. The van der Waals surface area contributed by atoms with Crippen LogP contribution in [0.25, 0.3) is 0 Å². The third kappa shape index (κ3) is 6.19. The van der Waals surface area contributed by atoms with Gasteiger partial charge in [0.2, 0.25) is 5.91 Å². The van der Waals surface area contributed by atoms with Crippen LogP contribution in [0.2, 0.25) is 0 Å². The lowest BCUT2D eigenvalue weighted by Crippen LogP contribution is -2.42. The summed E-state index contributed by atoms with van der Waals surface area (Å²) >= 11 is 0. The number of sulfonamides is 1. The molecule has 0 heterocycles. The summed E-state index contributed by atoms with van der Waals surface area (Å²) in [6.07, 6.45) is 0. The molecule has 0 aromatic heterocycles. The first-order chi connectivity index (χ1) is 17.8. The summed E-state index contributed by atoms with van der Waals surface area (Å²) in [5.74, 6) is 0.0535. The minimum Gasteiger partial charge on any atom is -0.497 e. The molecule has 1 atom stereocenters. The molecule has 0 saturated carbocycles. The second-order valence-corrected chi connectivity index (χ2v) is 10.7. The Morgan fingerprint density at radius 3 is 2.16 bits per heavy atom. The van der Waals surface area contributed by atoms with Crippen LogP contribution in [0.5, 0.6) is 5.75 Å². The van der Waals surface area contributed by atoms with E-state index in [0.29, 0.717) is 11.4 Å². The van der Waals surface area contributed by atoms with Crippen molar-refractivity contribution >= 4 is 21.6 Å². The average molecular weight is 515 g/mol. The van der Waals surface area contributed by atoms with Gasteiger partial charge in [-0.3, -0.25) is 9.10 Å². The van der Waals surface area contributed by atoms with E-state index in [-0.39, 0.29) is 4.90 Å². The van der Waals surface area contributed by atoms with E-state index in [1.807, 2.05) is 68.4 Å². The molecule has 190 valence electrons. The van der Waals surface area contributed by atoms with Gasteiger partial charge in [-0.15, -0.1) is 0 Å². The quantitative estimate of drug-likeness (QED) is 0.324. The summed E-state index contributed by atoms with van der Waals surface area (Å²) in [7, 11) is -2.53. The highest BCUT2D eigenvalue weighted by atomic mass is 32.2. The lowest BCUT2D eigenvalue weighted by Gasteiger charge is -2.26. The lowest BCUT2D eigenvalue weighted by atomic mass is 9.97. The van der Waals surface area contributed by atoms with Crippen LogP contribution in [0.15, 0.2) is 108 Å². The molecule has 0 spiro atoms. The van der Waals surface area contributed by atoms with Gasteiger partial charge in [0.05, 0.1) is 23.7 Å². The zero-order chi connectivity index (χ0) is 26.4. The van der Waals surface area contributed by atoms with E-state index in [0.717, 1.165) is 26.6 Å². The first-order valence-corrected chi connectivity index (χ1v) is 13.4. The maximum absolute atomic E-state index is 13.8. The molecule has 37 heavy (non-hydrogen) atoms. The van der Waals surface area contributed by atoms with E-state index < -0.39 is 28.5 Å². The van der Waals surface area contributed by atoms with Crippen molar-refractivity contribution in [3.05, 3.63) is 125 Å². The Labute approximate surface area is 218 Å². The minimum absolute atomic E-state index is 0.104.